The van der Waals surface area contributed by atoms with Crippen molar-refractivity contribution < 1.29 is 14.3 Å². The smallest absolute Gasteiger partial charge is 0.338 e. The minimum atomic E-state index is -0.631. The maximum Gasteiger partial charge on any atom is 0.338 e. The molecule has 0 fully saturated rings. The van der Waals surface area contributed by atoms with Crippen LogP contribution >= 0.6 is 39.3 Å². The van der Waals surface area contributed by atoms with Crippen LogP contribution in [-0.4, -0.2) is 27.3 Å². The van der Waals surface area contributed by atoms with Gasteiger partial charge in [-0.1, -0.05) is 103 Å². The maximum absolute atomic E-state index is 13.4. The summed E-state index contributed by atoms with van der Waals surface area (Å²) in [6.07, 6.45) is 0. The van der Waals surface area contributed by atoms with E-state index in [2.05, 4.69) is 66.3 Å². The quantitative estimate of drug-likeness (QED) is 0.140. The lowest BCUT2D eigenvalue weighted by Gasteiger charge is -2.29. The molecule has 0 spiro atoms. The molecule has 0 saturated carbocycles. The first-order chi connectivity index (χ1) is 20.5. The number of nitrogens with zero attached hydrogens (tertiary/aromatic N) is 3. The van der Waals surface area contributed by atoms with Crippen LogP contribution in [-0.2, 0) is 27.3 Å². The van der Waals surface area contributed by atoms with Gasteiger partial charge in [-0.2, -0.15) is 4.98 Å². The number of esters is 1. The summed E-state index contributed by atoms with van der Waals surface area (Å²) in [5, 5.41) is 9.37. The van der Waals surface area contributed by atoms with Crippen LogP contribution in [0.15, 0.2) is 87.6 Å². The Balaban J connectivity index is 1.50. The van der Waals surface area contributed by atoms with E-state index in [1.165, 1.54) is 17.3 Å². The largest absolute Gasteiger partial charge is 0.489 e. The third-order valence-corrected chi connectivity index (χ3v) is 8.87. The third-order valence-electron chi connectivity index (χ3n) is 7.12. The highest BCUT2D eigenvalue weighted by atomic mass is 79.9. The Hall–Kier alpha value is -3.27. The molecule has 224 valence electrons. The molecule has 2 heterocycles. The van der Waals surface area contributed by atoms with E-state index in [1.807, 2.05) is 49.4 Å². The molecule has 43 heavy (non-hydrogen) atoms. The van der Waals surface area contributed by atoms with Crippen molar-refractivity contribution in [3.05, 3.63) is 110 Å². The second-order valence-corrected chi connectivity index (χ2v) is 13.5. The Kier molecular flexibility index (Phi) is 9.54. The SMILES string of the molecule is CCOC(=O)C1=C(C)Nc2nc(SCc3ccccc3Cl)nn2C1c1cc(Br)ccc1OCc1ccc(C(C)(C)C)cc1. The van der Waals surface area contributed by atoms with Gasteiger partial charge in [0.05, 0.1) is 12.2 Å². The summed E-state index contributed by atoms with van der Waals surface area (Å²) in [6.45, 7) is 10.8. The number of rotatable bonds is 9. The number of carbonyl (C=O) groups excluding carboxylic acids is 1. The third kappa shape index (κ3) is 7.11. The molecule has 0 radical (unpaired) electrons. The molecule has 5 rings (SSSR count). The van der Waals surface area contributed by atoms with Crippen molar-refractivity contribution in [1.82, 2.24) is 14.8 Å². The fraction of sp³-hybridized carbons (Fsp3) is 0.303. The monoisotopic (exact) mass is 680 g/mol. The van der Waals surface area contributed by atoms with E-state index in [0.29, 0.717) is 45.5 Å². The first-order valence-corrected chi connectivity index (χ1v) is 16.2. The van der Waals surface area contributed by atoms with Crippen LogP contribution in [0.5, 0.6) is 5.75 Å². The van der Waals surface area contributed by atoms with Crippen molar-refractivity contribution in [2.24, 2.45) is 0 Å². The summed E-state index contributed by atoms with van der Waals surface area (Å²) in [7, 11) is 0. The molecule has 0 aliphatic carbocycles. The van der Waals surface area contributed by atoms with Crippen molar-refractivity contribution in [3.63, 3.8) is 0 Å². The van der Waals surface area contributed by atoms with Gasteiger partial charge in [0.25, 0.3) is 0 Å². The minimum absolute atomic E-state index is 0.0704. The number of thioether (sulfide) groups is 1. The van der Waals surface area contributed by atoms with Gasteiger partial charge in [-0.3, -0.25) is 0 Å². The number of hydrogen-bond acceptors (Lipinski definition) is 7. The lowest BCUT2D eigenvalue weighted by atomic mass is 9.87. The topological polar surface area (TPSA) is 78.3 Å². The van der Waals surface area contributed by atoms with E-state index < -0.39 is 12.0 Å². The average molecular weight is 682 g/mol. The van der Waals surface area contributed by atoms with Gasteiger partial charge in [-0.05, 0) is 60.2 Å². The zero-order chi connectivity index (χ0) is 30.7. The Morgan fingerprint density at radius 3 is 2.56 bits per heavy atom. The molecular weight excluding hydrogens is 648 g/mol. The van der Waals surface area contributed by atoms with Crippen LogP contribution in [0.3, 0.4) is 0 Å². The number of fused-ring (bicyclic) bond motifs is 1. The predicted octanol–water partition coefficient (Wildman–Crippen LogP) is 8.71. The Morgan fingerprint density at radius 2 is 1.86 bits per heavy atom. The van der Waals surface area contributed by atoms with Crippen LogP contribution in [0.4, 0.5) is 5.95 Å². The fourth-order valence-corrected chi connectivity index (χ4v) is 6.33. The number of aromatic nitrogens is 3. The number of anilines is 1. The van der Waals surface area contributed by atoms with Gasteiger partial charge in [0.15, 0.2) is 0 Å². The van der Waals surface area contributed by atoms with Crippen molar-refractivity contribution >= 4 is 51.2 Å². The lowest BCUT2D eigenvalue weighted by Crippen LogP contribution is -2.30. The van der Waals surface area contributed by atoms with E-state index in [-0.39, 0.29) is 12.0 Å². The second-order valence-electron chi connectivity index (χ2n) is 11.2. The Bertz CT molecular complexity index is 1660. The number of halogens is 2. The van der Waals surface area contributed by atoms with Gasteiger partial charge < -0.3 is 14.8 Å². The molecule has 0 bridgehead atoms. The van der Waals surface area contributed by atoms with E-state index in [0.717, 1.165) is 21.2 Å². The number of carbonyl (C=O) groups is 1. The lowest BCUT2D eigenvalue weighted by molar-refractivity contribution is -0.139. The maximum atomic E-state index is 13.4. The van der Waals surface area contributed by atoms with Crippen molar-refractivity contribution in [1.29, 1.82) is 0 Å². The van der Waals surface area contributed by atoms with Crippen LogP contribution in [0.1, 0.15) is 62.9 Å². The number of ether oxygens (including phenoxy) is 2. The average Bonchev–Trinajstić information content (AvgIpc) is 3.37. The molecular formula is C33H34BrClN4O3S. The summed E-state index contributed by atoms with van der Waals surface area (Å²) < 4.78 is 14.5. The number of hydrogen-bond donors (Lipinski definition) is 1. The van der Waals surface area contributed by atoms with Gasteiger partial charge in [0.1, 0.15) is 18.4 Å². The van der Waals surface area contributed by atoms with Crippen LogP contribution in [0, 0.1) is 0 Å². The van der Waals surface area contributed by atoms with Gasteiger partial charge in [-0.25, -0.2) is 9.48 Å². The van der Waals surface area contributed by atoms with Crippen LogP contribution < -0.4 is 10.1 Å². The summed E-state index contributed by atoms with van der Waals surface area (Å²) in [4.78, 5) is 18.1. The number of nitrogens with one attached hydrogen (secondary N) is 1. The highest BCUT2D eigenvalue weighted by Gasteiger charge is 2.37. The summed E-state index contributed by atoms with van der Waals surface area (Å²) in [6, 6.07) is 21.3. The summed E-state index contributed by atoms with van der Waals surface area (Å²) in [5.41, 5.74) is 5.22. The molecule has 7 nitrogen and oxygen atoms in total. The second kappa shape index (κ2) is 13.2. The molecule has 1 atom stereocenters. The summed E-state index contributed by atoms with van der Waals surface area (Å²) in [5.74, 6) is 1.34. The summed E-state index contributed by atoms with van der Waals surface area (Å²) >= 11 is 11.5. The zero-order valence-electron chi connectivity index (χ0n) is 24.8. The molecule has 1 aliphatic rings. The predicted molar refractivity (Wildman–Crippen MR) is 176 cm³/mol. The van der Waals surface area contributed by atoms with E-state index in [9.17, 15) is 4.79 Å². The van der Waals surface area contributed by atoms with E-state index in [1.54, 1.807) is 11.6 Å². The molecule has 1 N–H and O–H groups in total. The Morgan fingerprint density at radius 1 is 1.12 bits per heavy atom. The first kappa shape index (κ1) is 31.2. The Labute approximate surface area is 270 Å². The first-order valence-electron chi connectivity index (χ1n) is 14.0. The van der Waals surface area contributed by atoms with Gasteiger partial charge in [-0.15, -0.1) is 5.10 Å². The molecule has 0 saturated heterocycles. The van der Waals surface area contributed by atoms with Gasteiger partial charge in [0.2, 0.25) is 11.1 Å². The molecule has 1 unspecified atom stereocenters. The van der Waals surface area contributed by atoms with Gasteiger partial charge >= 0.3 is 5.97 Å². The highest BCUT2D eigenvalue weighted by molar-refractivity contribution is 9.10. The highest BCUT2D eigenvalue weighted by Crippen LogP contribution is 2.42. The number of allylic oxidation sites excluding steroid dienone is 1. The standard InChI is InChI=1S/C33H34BrClN4O3S/c1-6-41-30(40)28-20(2)36-31-37-32(43-19-22-9-7-8-10-26(22)35)38-39(31)29(28)25-17-24(34)15-16-27(25)42-18-21-11-13-23(14-12-21)33(3,4)5/h7-17,29H,6,18-19H2,1-5H3,(H,36,37,38). The van der Waals surface area contributed by atoms with Crippen molar-refractivity contribution in [2.75, 3.05) is 11.9 Å². The van der Waals surface area contributed by atoms with Crippen LogP contribution in [0.25, 0.3) is 0 Å². The van der Waals surface area contributed by atoms with Gasteiger partial charge in [0, 0.05) is 26.5 Å². The zero-order valence-corrected chi connectivity index (χ0v) is 27.9. The molecule has 1 aromatic heterocycles. The normalized spacial score (nSPS) is 14.7. The van der Waals surface area contributed by atoms with E-state index in [4.69, 9.17) is 31.2 Å². The molecule has 1 aliphatic heterocycles. The minimum Gasteiger partial charge on any atom is -0.489 e. The number of benzene rings is 3. The van der Waals surface area contributed by atoms with Crippen LogP contribution in [0.2, 0.25) is 5.02 Å². The molecule has 4 aromatic rings. The molecule has 10 heteroatoms. The van der Waals surface area contributed by atoms with Crippen molar-refractivity contribution in [2.45, 2.75) is 63.6 Å². The van der Waals surface area contributed by atoms with Crippen molar-refractivity contribution in [3.8, 4) is 5.75 Å². The van der Waals surface area contributed by atoms with E-state index >= 15 is 0 Å². The molecule has 3 aromatic carbocycles. The molecule has 0 amide bonds. The fourth-order valence-electron chi connectivity index (χ4n) is 4.84.